The van der Waals surface area contributed by atoms with Crippen LogP contribution in [-0.2, 0) is 11.2 Å². The van der Waals surface area contributed by atoms with Gasteiger partial charge in [0.1, 0.15) is 0 Å². The first-order valence-electron chi connectivity index (χ1n) is 5.11. The lowest BCUT2D eigenvalue weighted by molar-refractivity contribution is 0.417. The van der Waals surface area contributed by atoms with Crippen LogP contribution >= 0.6 is 0 Å². The predicted octanol–water partition coefficient (Wildman–Crippen LogP) is 2.98. The monoisotopic (exact) mass is 189 g/mol. The minimum atomic E-state index is 0.601. The first kappa shape index (κ1) is 11.0. The van der Waals surface area contributed by atoms with Crippen LogP contribution in [0.4, 0.5) is 0 Å². The molecule has 75 valence electrons. The molecule has 1 heteroatoms. The Labute approximate surface area is 86.1 Å². The second-order valence-electron chi connectivity index (χ2n) is 4.18. The van der Waals surface area contributed by atoms with Crippen LogP contribution in [0, 0.1) is 11.8 Å². The van der Waals surface area contributed by atoms with Crippen molar-refractivity contribution in [1.29, 1.82) is 0 Å². The van der Waals surface area contributed by atoms with E-state index in [0.29, 0.717) is 17.4 Å². The van der Waals surface area contributed by atoms with Crippen molar-refractivity contribution in [3.05, 3.63) is 35.4 Å². The smallest absolute Gasteiger partial charge is 0.233 e. The third-order valence-electron chi connectivity index (χ3n) is 2.81. The standard InChI is InChI=1S/C13H17O/c1-10(2)11(3)8-12-6-4-5-7-13(12)9-14/h4-7,10-11H,8H2,1-3H3. The van der Waals surface area contributed by atoms with Gasteiger partial charge >= 0.3 is 0 Å². The van der Waals surface area contributed by atoms with E-state index in [0.717, 1.165) is 12.0 Å². The lowest BCUT2D eigenvalue weighted by Gasteiger charge is -2.15. The molecule has 1 rings (SSSR count). The van der Waals surface area contributed by atoms with Gasteiger partial charge in [0.25, 0.3) is 0 Å². The zero-order valence-corrected chi connectivity index (χ0v) is 9.08. The Balaban J connectivity index is 2.80. The second-order valence-corrected chi connectivity index (χ2v) is 4.18. The van der Waals surface area contributed by atoms with Crippen LogP contribution < -0.4 is 0 Å². The minimum Gasteiger partial charge on any atom is -0.285 e. The van der Waals surface area contributed by atoms with Gasteiger partial charge in [-0.2, -0.15) is 0 Å². The van der Waals surface area contributed by atoms with E-state index in [-0.39, 0.29) is 0 Å². The van der Waals surface area contributed by atoms with Gasteiger partial charge < -0.3 is 0 Å². The fraction of sp³-hybridized carbons (Fsp3) is 0.462. The molecule has 0 bridgehead atoms. The van der Waals surface area contributed by atoms with E-state index < -0.39 is 0 Å². The molecule has 1 unspecified atom stereocenters. The maximum Gasteiger partial charge on any atom is 0.233 e. The Morgan fingerprint density at radius 3 is 2.43 bits per heavy atom. The molecule has 0 N–H and O–H groups in total. The summed E-state index contributed by atoms with van der Waals surface area (Å²) in [5, 5.41) is 0. The maximum absolute atomic E-state index is 10.7. The zero-order valence-electron chi connectivity index (χ0n) is 9.08. The molecule has 0 saturated carbocycles. The van der Waals surface area contributed by atoms with Crippen molar-refractivity contribution in [3.63, 3.8) is 0 Å². The van der Waals surface area contributed by atoms with Crippen molar-refractivity contribution in [1.82, 2.24) is 0 Å². The number of benzene rings is 1. The van der Waals surface area contributed by atoms with Gasteiger partial charge in [-0.1, -0.05) is 45.0 Å². The van der Waals surface area contributed by atoms with Crippen molar-refractivity contribution < 1.29 is 4.79 Å². The summed E-state index contributed by atoms with van der Waals surface area (Å²) in [5.74, 6) is 1.25. The van der Waals surface area contributed by atoms with Crippen LogP contribution in [0.3, 0.4) is 0 Å². The molecule has 0 saturated heterocycles. The SMILES string of the molecule is CC(C)C(C)Cc1ccccc1[C]=O. The molecule has 0 spiro atoms. The van der Waals surface area contributed by atoms with Gasteiger partial charge in [-0.15, -0.1) is 0 Å². The molecule has 1 nitrogen and oxygen atoms in total. The molecule has 0 aliphatic heterocycles. The maximum atomic E-state index is 10.7. The highest BCUT2D eigenvalue weighted by atomic mass is 16.1. The largest absolute Gasteiger partial charge is 0.285 e. The molecule has 1 aromatic rings. The van der Waals surface area contributed by atoms with E-state index >= 15 is 0 Å². The number of hydrogen-bond acceptors (Lipinski definition) is 1. The third kappa shape index (κ3) is 2.69. The van der Waals surface area contributed by atoms with E-state index in [2.05, 4.69) is 20.8 Å². The molecule has 1 radical (unpaired) electrons. The Hall–Kier alpha value is -1.11. The topological polar surface area (TPSA) is 17.1 Å². The summed E-state index contributed by atoms with van der Waals surface area (Å²) in [6, 6.07) is 7.70. The van der Waals surface area contributed by atoms with Gasteiger partial charge in [0.05, 0.1) is 0 Å². The van der Waals surface area contributed by atoms with Crippen molar-refractivity contribution in [2.24, 2.45) is 11.8 Å². The molecule has 0 fully saturated rings. The van der Waals surface area contributed by atoms with Gasteiger partial charge in [-0.05, 0) is 23.8 Å². The predicted molar refractivity (Wildman–Crippen MR) is 58.9 cm³/mol. The van der Waals surface area contributed by atoms with Crippen molar-refractivity contribution in [3.8, 4) is 0 Å². The Morgan fingerprint density at radius 1 is 1.21 bits per heavy atom. The normalized spacial score (nSPS) is 12.9. The van der Waals surface area contributed by atoms with Gasteiger partial charge in [-0.25, -0.2) is 0 Å². The van der Waals surface area contributed by atoms with Crippen LogP contribution in [0.25, 0.3) is 0 Å². The van der Waals surface area contributed by atoms with Gasteiger partial charge in [0.15, 0.2) is 0 Å². The lowest BCUT2D eigenvalue weighted by Crippen LogP contribution is -2.08. The summed E-state index contributed by atoms with van der Waals surface area (Å²) in [4.78, 5) is 10.7. The van der Waals surface area contributed by atoms with Gasteiger partial charge in [0, 0.05) is 5.56 Å². The van der Waals surface area contributed by atoms with Gasteiger partial charge in [0.2, 0.25) is 6.29 Å². The number of hydrogen-bond donors (Lipinski definition) is 0. The molecule has 0 amide bonds. The van der Waals surface area contributed by atoms with Gasteiger partial charge in [-0.3, -0.25) is 4.79 Å². The van der Waals surface area contributed by atoms with Crippen LogP contribution in [-0.4, -0.2) is 6.29 Å². The van der Waals surface area contributed by atoms with E-state index in [9.17, 15) is 4.79 Å². The zero-order chi connectivity index (χ0) is 10.6. The molecule has 0 aliphatic rings. The summed E-state index contributed by atoms with van der Waals surface area (Å²) in [6.07, 6.45) is 2.95. The van der Waals surface area contributed by atoms with Crippen molar-refractivity contribution >= 4 is 6.29 Å². The van der Waals surface area contributed by atoms with E-state index in [1.807, 2.05) is 30.6 Å². The number of rotatable bonds is 4. The van der Waals surface area contributed by atoms with E-state index in [1.165, 1.54) is 0 Å². The molecule has 0 aromatic heterocycles. The highest BCUT2D eigenvalue weighted by Crippen LogP contribution is 2.18. The minimum absolute atomic E-state index is 0.601. The molecular formula is C13H17O. The van der Waals surface area contributed by atoms with E-state index in [4.69, 9.17) is 0 Å². The number of carbonyl (C=O) groups excluding carboxylic acids is 1. The first-order valence-corrected chi connectivity index (χ1v) is 5.11. The summed E-state index contributed by atoms with van der Waals surface area (Å²) in [7, 11) is 0. The van der Waals surface area contributed by atoms with Crippen LogP contribution in [0.5, 0.6) is 0 Å². The Morgan fingerprint density at radius 2 is 1.86 bits per heavy atom. The van der Waals surface area contributed by atoms with Crippen LogP contribution in [0.2, 0.25) is 0 Å². The average molecular weight is 189 g/mol. The average Bonchev–Trinajstić information content (AvgIpc) is 2.18. The summed E-state index contributed by atoms with van der Waals surface area (Å²) < 4.78 is 0. The molecule has 14 heavy (non-hydrogen) atoms. The Kier molecular flexibility index (Phi) is 3.87. The highest BCUT2D eigenvalue weighted by Gasteiger charge is 2.10. The fourth-order valence-corrected chi connectivity index (χ4v) is 1.38. The molecule has 0 aliphatic carbocycles. The van der Waals surface area contributed by atoms with Crippen molar-refractivity contribution in [2.45, 2.75) is 27.2 Å². The second kappa shape index (κ2) is 4.94. The molecule has 1 atom stereocenters. The molecule has 0 heterocycles. The Bertz CT molecular complexity index is 302. The van der Waals surface area contributed by atoms with Crippen molar-refractivity contribution in [2.75, 3.05) is 0 Å². The fourth-order valence-electron chi connectivity index (χ4n) is 1.38. The van der Waals surface area contributed by atoms with Crippen LogP contribution in [0.15, 0.2) is 24.3 Å². The third-order valence-corrected chi connectivity index (χ3v) is 2.81. The quantitative estimate of drug-likeness (QED) is 0.711. The first-order chi connectivity index (χ1) is 6.65. The summed E-state index contributed by atoms with van der Waals surface area (Å²) in [5.41, 5.74) is 1.82. The molecule has 1 aromatic carbocycles. The lowest BCUT2D eigenvalue weighted by atomic mass is 9.89. The molecular weight excluding hydrogens is 172 g/mol. The van der Waals surface area contributed by atoms with Crippen LogP contribution in [0.1, 0.15) is 31.9 Å². The summed E-state index contributed by atoms with van der Waals surface area (Å²) >= 11 is 0. The highest BCUT2D eigenvalue weighted by molar-refractivity contribution is 5.77. The summed E-state index contributed by atoms with van der Waals surface area (Å²) in [6.45, 7) is 6.63. The van der Waals surface area contributed by atoms with E-state index in [1.54, 1.807) is 0 Å².